The van der Waals surface area contributed by atoms with Gasteiger partial charge in [-0.05, 0) is 53.4 Å². The maximum Gasteiger partial charge on any atom is 0.247 e. The smallest absolute Gasteiger partial charge is 0.247 e. The van der Waals surface area contributed by atoms with Gasteiger partial charge >= 0.3 is 0 Å². The molecule has 1 atom stereocenters. The first kappa shape index (κ1) is 27.9. The highest BCUT2D eigenvalue weighted by Crippen LogP contribution is 2.28. The summed E-state index contributed by atoms with van der Waals surface area (Å²) in [5.41, 5.74) is 2.76. The van der Waals surface area contributed by atoms with Crippen LogP contribution in [0.2, 0.25) is 0 Å². The van der Waals surface area contributed by atoms with Gasteiger partial charge in [0.2, 0.25) is 17.6 Å². The normalized spacial score (nSPS) is 14.0. The predicted octanol–water partition coefficient (Wildman–Crippen LogP) is 4.37. The summed E-state index contributed by atoms with van der Waals surface area (Å²) in [6.07, 6.45) is 3.99. The van der Waals surface area contributed by atoms with Gasteiger partial charge in [-0.2, -0.15) is 4.80 Å². The third-order valence-electron chi connectivity index (χ3n) is 7.35. The summed E-state index contributed by atoms with van der Waals surface area (Å²) in [5.74, 6) is -0.985. The van der Waals surface area contributed by atoms with Crippen molar-refractivity contribution in [2.24, 2.45) is 0 Å². The zero-order valence-electron chi connectivity index (χ0n) is 23.3. The highest BCUT2D eigenvalue weighted by Gasteiger charge is 2.34. The van der Waals surface area contributed by atoms with Crippen molar-refractivity contribution >= 4 is 17.5 Å². The molecule has 1 aliphatic carbocycles. The van der Waals surface area contributed by atoms with Gasteiger partial charge in [0.1, 0.15) is 18.4 Å². The Hall–Kier alpha value is -4.60. The van der Waals surface area contributed by atoms with Crippen LogP contribution >= 0.6 is 0 Å². The molecule has 41 heavy (non-hydrogen) atoms. The molecular formula is C31H34FN7O2. The van der Waals surface area contributed by atoms with Crippen molar-refractivity contribution < 1.29 is 14.0 Å². The van der Waals surface area contributed by atoms with Crippen molar-refractivity contribution in [3.8, 4) is 11.4 Å². The average molecular weight is 556 g/mol. The lowest BCUT2D eigenvalue weighted by atomic mass is 10.0. The molecule has 1 aliphatic rings. The molecule has 1 N–H and O–H groups in total. The van der Waals surface area contributed by atoms with Gasteiger partial charge in [0.25, 0.3) is 0 Å². The quantitative estimate of drug-likeness (QED) is 0.312. The van der Waals surface area contributed by atoms with Gasteiger partial charge < -0.3 is 15.1 Å². The fourth-order valence-electron chi connectivity index (χ4n) is 5.15. The number of aromatic nitrogens is 4. The summed E-state index contributed by atoms with van der Waals surface area (Å²) in [4.78, 5) is 32.6. The molecule has 0 radical (unpaired) electrons. The van der Waals surface area contributed by atoms with Crippen LogP contribution in [0.1, 0.15) is 42.9 Å². The molecule has 1 heterocycles. The number of hydrogen-bond acceptors (Lipinski definition) is 6. The summed E-state index contributed by atoms with van der Waals surface area (Å²) in [7, 11) is 3.90. The molecule has 0 spiro atoms. The molecule has 10 heteroatoms. The molecular weight excluding hydrogens is 521 g/mol. The lowest BCUT2D eigenvalue weighted by Crippen LogP contribution is -2.46. The SMILES string of the molecule is CN(C)c1ccc(C(C(=O)NC2CCCC2)N(Cc2ccccc2)C(=O)Cn2nnc(-c3ccccc3F)n2)cc1. The topological polar surface area (TPSA) is 96.2 Å². The number of carbonyl (C=O) groups is 2. The third kappa shape index (κ3) is 6.77. The van der Waals surface area contributed by atoms with E-state index < -0.39 is 11.9 Å². The monoisotopic (exact) mass is 555 g/mol. The minimum absolute atomic E-state index is 0.0834. The van der Waals surface area contributed by atoms with Gasteiger partial charge in [0, 0.05) is 32.4 Å². The van der Waals surface area contributed by atoms with Crippen molar-refractivity contribution in [3.63, 3.8) is 0 Å². The van der Waals surface area contributed by atoms with Gasteiger partial charge in [-0.1, -0.05) is 67.4 Å². The van der Waals surface area contributed by atoms with Crippen LogP contribution in [-0.2, 0) is 22.7 Å². The molecule has 2 amide bonds. The number of nitrogens with one attached hydrogen (secondary N) is 1. The Labute approximate surface area is 239 Å². The zero-order valence-corrected chi connectivity index (χ0v) is 23.3. The molecule has 4 aromatic rings. The lowest BCUT2D eigenvalue weighted by Gasteiger charge is -2.32. The van der Waals surface area contributed by atoms with E-state index in [1.807, 2.05) is 73.6 Å². The Kier molecular flexibility index (Phi) is 8.67. The first-order valence-electron chi connectivity index (χ1n) is 13.8. The Morgan fingerprint density at radius 3 is 2.34 bits per heavy atom. The van der Waals surface area contributed by atoms with Gasteiger partial charge in [-0.25, -0.2) is 4.39 Å². The van der Waals surface area contributed by atoms with Crippen LogP contribution in [0.5, 0.6) is 0 Å². The Bertz CT molecular complexity index is 1470. The van der Waals surface area contributed by atoms with Gasteiger partial charge in [0.15, 0.2) is 0 Å². The van der Waals surface area contributed by atoms with E-state index in [-0.39, 0.29) is 42.3 Å². The molecule has 0 bridgehead atoms. The lowest BCUT2D eigenvalue weighted by molar-refractivity contribution is -0.142. The van der Waals surface area contributed by atoms with Crippen LogP contribution in [-0.4, -0.2) is 57.1 Å². The fraction of sp³-hybridized carbons (Fsp3) is 0.323. The summed E-state index contributed by atoms with van der Waals surface area (Å²) >= 11 is 0. The minimum Gasteiger partial charge on any atom is -0.378 e. The third-order valence-corrected chi connectivity index (χ3v) is 7.35. The Balaban J connectivity index is 1.48. The Morgan fingerprint density at radius 2 is 1.66 bits per heavy atom. The summed E-state index contributed by atoms with van der Waals surface area (Å²) < 4.78 is 14.3. The standard InChI is InChI=1S/C31H34FN7O2/c1-37(2)25-18-16-23(17-19-25)29(31(41)33-24-12-6-7-13-24)38(20-22-10-4-3-5-11-22)28(40)21-39-35-30(34-36-39)26-14-8-9-15-27(26)32/h3-5,8-11,14-19,24,29H,6-7,12-13,20-21H2,1-2H3,(H,33,41). The number of hydrogen-bond donors (Lipinski definition) is 1. The highest BCUT2D eigenvalue weighted by atomic mass is 19.1. The number of anilines is 1. The van der Waals surface area contributed by atoms with Gasteiger partial charge in [-0.3, -0.25) is 9.59 Å². The van der Waals surface area contributed by atoms with E-state index in [1.54, 1.807) is 23.1 Å². The van der Waals surface area contributed by atoms with E-state index in [2.05, 4.69) is 20.7 Å². The second-order valence-electron chi connectivity index (χ2n) is 10.5. The molecule has 212 valence electrons. The van der Waals surface area contributed by atoms with Crippen molar-refractivity contribution in [1.82, 2.24) is 30.4 Å². The number of tetrazole rings is 1. The minimum atomic E-state index is -0.880. The van der Waals surface area contributed by atoms with Crippen LogP contribution < -0.4 is 10.2 Å². The summed E-state index contributed by atoms with van der Waals surface area (Å²) in [6.45, 7) is -0.0655. The maximum absolute atomic E-state index is 14.3. The molecule has 0 saturated heterocycles. The van der Waals surface area contributed by atoms with Crippen LogP contribution in [0.15, 0.2) is 78.9 Å². The van der Waals surface area contributed by atoms with Crippen LogP contribution in [0, 0.1) is 5.82 Å². The molecule has 1 aromatic heterocycles. The van der Waals surface area contributed by atoms with E-state index in [9.17, 15) is 14.0 Å². The van der Waals surface area contributed by atoms with Crippen molar-refractivity contribution in [1.29, 1.82) is 0 Å². The van der Waals surface area contributed by atoms with Crippen molar-refractivity contribution in [3.05, 3.63) is 95.8 Å². The molecule has 1 unspecified atom stereocenters. The van der Waals surface area contributed by atoms with Crippen molar-refractivity contribution in [2.75, 3.05) is 19.0 Å². The predicted molar refractivity (Wildman–Crippen MR) is 154 cm³/mol. The first-order valence-corrected chi connectivity index (χ1v) is 13.8. The molecule has 9 nitrogen and oxygen atoms in total. The average Bonchev–Trinajstić information content (AvgIpc) is 3.66. The number of carbonyl (C=O) groups excluding carboxylic acids is 2. The fourth-order valence-corrected chi connectivity index (χ4v) is 5.15. The molecule has 3 aromatic carbocycles. The van der Waals surface area contributed by atoms with Gasteiger partial charge in [0.05, 0.1) is 5.56 Å². The number of rotatable bonds is 10. The van der Waals surface area contributed by atoms with E-state index in [1.165, 1.54) is 6.07 Å². The molecule has 1 saturated carbocycles. The van der Waals surface area contributed by atoms with Crippen LogP contribution in [0.25, 0.3) is 11.4 Å². The van der Waals surface area contributed by atoms with Gasteiger partial charge in [-0.15, -0.1) is 10.2 Å². The summed E-state index contributed by atoms with van der Waals surface area (Å²) in [5, 5.41) is 15.4. The highest BCUT2D eigenvalue weighted by molar-refractivity contribution is 5.89. The number of benzene rings is 3. The second-order valence-corrected chi connectivity index (χ2v) is 10.5. The number of nitrogens with zero attached hydrogens (tertiary/aromatic N) is 6. The maximum atomic E-state index is 14.3. The van der Waals surface area contributed by atoms with Crippen molar-refractivity contribution in [2.45, 2.75) is 50.9 Å². The van der Waals surface area contributed by atoms with E-state index in [4.69, 9.17) is 0 Å². The van der Waals surface area contributed by atoms with Crippen LogP contribution in [0.3, 0.4) is 0 Å². The van der Waals surface area contributed by atoms with E-state index in [0.29, 0.717) is 5.56 Å². The number of amides is 2. The number of halogens is 1. The molecule has 0 aliphatic heterocycles. The largest absolute Gasteiger partial charge is 0.378 e. The first-order chi connectivity index (χ1) is 19.9. The zero-order chi connectivity index (χ0) is 28.8. The summed E-state index contributed by atoms with van der Waals surface area (Å²) in [6, 6.07) is 22.6. The molecule has 5 rings (SSSR count). The second kappa shape index (κ2) is 12.7. The molecule has 1 fully saturated rings. The van der Waals surface area contributed by atoms with Crippen LogP contribution in [0.4, 0.5) is 10.1 Å². The Morgan fingerprint density at radius 1 is 0.976 bits per heavy atom. The van der Waals surface area contributed by atoms with E-state index in [0.717, 1.165) is 41.7 Å². The van der Waals surface area contributed by atoms with E-state index >= 15 is 0 Å².